The van der Waals surface area contributed by atoms with Crippen LogP contribution in [0, 0.1) is 20.8 Å². The molecule has 0 radical (unpaired) electrons. The molecular formula is C18H23NO. The van der Waals surface area contributed by atoms with E-state index in [-0.39, 0.29) is 0 Å². The molecule has 0 atom stereocenters. The highest BCUT2D eigenvalue weighted by Crippen LogP contribution is 2.22. The third-order valence-corrected chi connectivity index (χ3v) is 3.47. The summed E-state index contributed by atoms with van der Waals surface area (Å²) >= 11 is 0. The van der Waals surface area contributed by atoms with E-state index in [1.165, 1.54) is 27.8 Å². The minimum Gasteiger partial charge on any atom is -0.489 e. The van der Waals surface area contributed by atoms with Crippen molar-refractivity contribution >= 4 is 0 Å². The van der Waals surface area contributed by atoms with Crippen LogP contribution in [-0.4, -0.2) is 7.05 Å². The maximum Gasteiger partial charge on any atom is 0.124 e. The second-order valence-electron chi connectivity index (χ2n) is 5.36. The van der Waals surface area contributed by atoms with Gasteiger partial charge in [0.2, 0.25) is 0 Å². The van der Waals surface area contributed by atoms with E-state index in [1.54, 1.807) is 0 Å². The van der Waals surface area contributed by atoms with Gasteiger partial charge < -0.3 is 10.1 Å². The normalized spacial score (nSPS) is 10.6. The largest absolute Gasteiger partial charge is 0.489 e. The maximum absolute atomic E-state index is 6.03. The van der Waals surface area contributed by atoms with E-state index in [0.29, 0.717) is 6.61 Å². The predicted octanol–water partition coefficient (Wildman–Crippen LogP) is 3.91. The molecular weight excluding hydrogens is 246 g/mol. The fourth-order valence-corrected chi connectivity index (χ4v) is 2.29. The molecule has 2 aromatic rings. The van der Waals surface area contributed by atoms with E-state index in [9.17, 15) is 0 Å². The molecule has 1 N–H and O–H groups in total. The fourth-order valence-electron chi connectivity index (χ4n) is 2.29. The summed E-state index contributed by atoms with van der Waals surface area (Å²) in [5.74, 6) is 0.964. The lowest BCUT2D eigenvalue weighted by Crippen LogP contribution is -2.08. The van der Waals surface area contributed by atoms with Crippen molar-refractivity contribution in [3.05, 3.63) is 64.2 Å². The van der Waals surface area contributed by atoms with Crippen molar-refractivity contribution in [3.8, 4) is 5.75 Å². The third kappa shape index (κ3) is 3.61. The van der Waals surface area contributed by atoms with Crippen LogP contribution >= 0.6 is 0 Å². The molecule has 2 heteroatoms. The first-order chi connectivity index (χ1) is 9.60. The van der Waals surface area contributed by atoms with E-state index in [0.717, 1.165) is 12.3 Å². The molecule has 0 bridgehead atoms. The van der Waals surface area contributed by atoms with E-state index < -0.39 is 0 Å². The van der Waals surface area contributed by atoms with Crippen LogP contribution < -0.4 is 10.1 Å². The lowest BCUT2D eigenvalue weighted by molar-refractivity contribution is 0.301. The Hall–Kier alpha value is -1.80. The fraction of sp³-hybridized carbons (Fsp3) is 0.333. The zero-order valence-electron chi connectivity index (χ0n) is 12.8. The number of aryl methyl sites for hydroxylation is 3. The average molecular weight is 269 g/mol. The molecule has 0 saturated heterocycles. The van der Waals surface area contributed by atoms with Gasteiger partial charge in [0.15, 0.2) is 0 Å². The Bertz CT molecular complexity index is 590. The number of hydrogen-bond acceptors (Lipinski definition) is 2. The summed E-state index contributed by atoms with van der Waals surface area (Å²) in [5, 5.41) is 3.19. The number of benzene rings is 2. The first-order valence-electron chi connectivity index (χ1n) is 7.03. The van der Waals surface area contributed by atoms with Crippen LogP contribution in [0.4, 0.5) is 0 Å². The Morgan fingerprint density at radius 3 is 2.25 bits per heavy atom. The van der Waals surface area contributed by atoms with Crippen molar-refractivity contribution in [2.24, 2.45) is 0 Å². The predicted molar refractivity (Wildman–Crippen MR) is 84.2 cm³/mol. The van der Waals surface area contributed by atoms with Gasteiger partial charge in [-0.15, -0.1) is 0 Å². The smallest absolute Gasteiger partial charge is 0.124 e. The molecule has 0 saturated carbocycles. The Morgan fingerprint density at radius 2 is 1.55 bits per heavy atom. The lowest BCUT2D eigenvalue weighted by atomic mass is 10.1. The van der Waals surface area contributed by atoms with Crippen molar-refractivity contribution in [2.45, 2.75) is 33.9 Å². The second kappa shape index (κ2) is 6.58. The molecule has 20 heavy (non-hydrogen) atoms. The number of rotatable bonds is 5. The van der Waals surface area contributed by atoms with E-state index in [2.05, 4.69) is 62.5 Å². The van der Waals surface area contributed by atoms with Gasteiger partial charge >= 0.3 is 0 Å². The molecule has 0 heterocycles. The average Bonchev–Trinajstić information content (AvgIpc) is 2.42. The molecule has 0 amide bonds. The lowest BCUT2D eigenvalue weighted by Gasteiger charge is -2.14. The van der Waals surface area contributed by atoms with Crippen LogP contribution in [0.25, 0.3) is 0 Å². The van der Waals surface area contributed by atoms with Crippen LogP contribution in [0.5, 0.6) is 5.75 Å². The summed E-state index contributed by atoms with van der Waals surface area (Å²) < 4.78 is 6.03. The minimum absolute atomic E-state index is 0.618. The number of hydrogen-bond donors (Lipinski definition) is 1. The maximum atomic E-state index is 6.03. The topological polar surface area (TPSA) is 21.3 Å². The van der Waals surface area contributed by atoms with Gasteiger partial charge in [-0.1, -0.05) is 41.5 Å². The van der Waals surface area contributed by atoms with E-state index in [1.807, 2.05) is 7.05 Å². The summed E-state index contributed by atoms with van der Waals surface area (Å²) in [6.45, 7) is 7.79. The number of nitrogens with one attached hydrogen (secondary N) is 1. The molecule has 0 fully saturated rings. The Balaban J connectivity index is 2.16. The van der Waals surface area contributed by atoms with Crippen molar-refractivity contribution in [1.29, 1.82) is 0 Å². The molecule has 0 aliphatic heterocycles. The van der Waals surface area contributed by atoms with Crippen LogP contribution in [0.3, 0.4) is 0 Å². The standard InChI is InChI=1S/C18H23NO/c1-13-5-7-15(3)17(10-13)12-20-18-8-6-14(2)9-16(18)11-19-4/h5-10,19H,11-12H2,1-4H3. The van der Waals surface area contributed by atoms with Crippen molar-refractivity contribution < 1.29 is 4.74 Å². The van der Waals surface area contributed by atoms with Crippen LogP contribution in [-0.2, 0) is 13.2 Å². The van der Waals surface area contributed by atoms with Gasteiger partial charge in [-0.05, 0) is 45.0 Å². The Kier molecular flexibility index (Phi) is 4.80. The molecule has 2 nitrogen and oxygen atoms in total. The van der Waals surface area contributed by atoms with Crippen LogP contribution in [0.15, 0.2) is 36.4 Å². The monoisotopic (exact) mass is 269 g/mol. The van der Waals surface area contributed by atoms with E-state index in [4.69, 9.17) is 4.74 Å². The first-order valence-corrected chi connectivity index (χ1v) is 7.03. The summed E-state index contributed by atoms with van der Waals surface area (Å²) in [5.41, 5.74) is 6.26. The van der Waals surface area contributed by atoms with Gasteiger partial charge in [0.05, 0.1) is 0 Å². The Morgan fingerprint density at radius 1 is 0.900 bits per heavy atom. The van der Waals surface area contributed by atoms with Gasteiger partial charge in [-0.2, -0.15) is 0 Å². The van der Waals surface area contributed by atoms with Gasteiger partial charge in [-0.25, -0.2) is 0 Å². The minimum atomic E-state index is 0.618. The molecule has 0 unspecified atom stereocenters. The zero-order chi connectivity index (χ0) is 14.5. The third-order valence-electron chi connectivity index (χ3n) is 3.47. The highest BCUT2D eigenvalue weighted by Gasteiger charge is 2.05. The van der Waals surface area contributed by atoms with Gasteiger partial charge in [0.25, 0.3) is 0 Å². The van der Waals surface area contributed by atoms with Gasteiger partial charge in [0.1, 0.15) is 12.4 Å². The molecule has 0 aliphatic carbocycles. The van der Waals surface area contributed by atoms with Gasteiger partial charge in [-0.3, -0.25) is 0 Å². The van der Waals surface area contributed by atoms with E-state index >= 15 is 0 Å². The second-order valence-corrected chi connectivity index (χ2v) is 5.36. The quantitative estimate of drug-likeness (QED) is 0.888. The van der Waals surface area contributed by atoms with Crippen molar-refractivity contribution in [1.82, 2.24) is 5.32 Å². The summed E-state index contributed by atoms with van der Waals surface area (Å²) in [4.78, 5) is 0. The molecule has 0 aliphatic rings. The number of ether oxygens (including phenoxy) is 1. The summed E-state index contributed by atoms with van der Waals surface area (Å²) in [6, 6.07) is 12.8. The Labute approximate surface area is 121 Å². The molecule has 0 aromatic heterocycles. The van der Waals surface area contributed by atoms with Crippen LogP contribution in [0.1, 0.15) is 27.8 Å². The molecule has 2 rings (SSSR count). The highest BCUT2D eigenvalue weighted by atomic mass is 16.5. The molecule has 106 valence electrons. The molecule has 0 spiro atoms. The zero-order valence-corrected chi connectivity index (χ0v) is 12.8. The van der Waals surface area contributed by atoms with Crippen molar-refractivity contribution in [3.63, 3.8) is 0 Å². The summed E-state index contributed by atoms with van der Waals surface area (Å²) in [6.07, 6.45) is 0. The highest BCUT2D eigenvalue weighted by molar-refractivity contribution is 5.37. The van der Waals surface area contributed by atoms with Crippen LogP contribution in [0.2, 0.25) is 0 Å². The summed E-state index contributed by atoms with van der Waals surface area (Å²) in [7, 11) is 1.96. The van der Waals surface area contributed by atoms with Gasteiger partial charge in [0, 0.05) is 12.1 Å². The molecule has 2 aromatic carbocycles. The SMILES string of the molecule is CNCc1cc(C)ccc1OCc1cc(C)ccc1C. The first kappa shape index (κ1) is 14.6. The van der Waals surface area contributed by atoms with Crippen molar-refractivity contribution in [2.75, 3.05) is 7.05 Å².